The summed E-state index contributed by atoms with van der Waals surface area (Å²) in [5.74, 6) is 0.804. The van der Waals surface area contributed by atoms with Crippen LogP contribution in [0.15, 0.2) is 18.2 Å². The number of carbonyl (C=O) groups is 1. The van der Waals surface area contributed by atoms with Gasteiger partial charge in [-0.25, -0.2) is 0 Å². The number of fused-ring (bicyclic) bond motifs is 4. The van der Waals surface area contributed by atoms with Crippen LogP contribution < -0.4 is 9.47 Å². The Kier molecular flexibility index (Phi) is 3.41. The number of ether oxygens (including phenoxy) is 2. The number of phenolic OH excluding ortho intramolecular Hbond substituents is 1. The second kappa shape index (κ2) is 5.24. The van der Waals surface area contributed by atoms with E-state index >= 15 is 0 Å². The second-order valence-electron chi connectivity index (χ2n) is 7.99. The number of ketones is 1. The van der Waals surface area contributed by atoms with Gasteiger partial charge in [0.15, 0.2) is 5.78 Å². The first-order valence-electron chi connectivity index (χ1n) is 8.65. The Morgan fingerprint density at radius 1 is 1.19 bits per heavy atom. The summed E-state index contributed by atoms with van der Waals surface area (Å²) in [5, 5.41) is 22.6. The summed E-state index contributed by atoms with van der Waals surface area (Å²) in [6.45, 7) is 5.49. The number of rotatable bonds is 1. The molecule has 2 aliphatic rings. The van der Waals surface area contributed by atoms with Crippen LogP contribution in [0.1, 0.15) is 48.7 Å². The van der Waals surface area contributed by atoms with Gasteiger partial charge in [0.1, 0.15) is 22.8 Å². The van der Waals surface area contributed by atoms with E-state index in [1.165, 1.54) is 0 Å². The fourth-order valence-corrected chi connectivity index (χ4v) is 3.94. The van der Waals surface area contributed by atoms with E-state index in [2.05, 4.69) is 0 Å². The maximum absolute atomic E-state index is 12.6. The van der Waals surface area contributed by atoms with Crippen molar-refractivity contribution >= 4 is 22.6 Å². The molecule has 0 saturated carbocycles. The lowest BCUT2D eigenvalue weighted by atomic mass is 9.79. The molecule has 0 aromatic heterocycles. The molecule has 26 heavy (non-hydrogen) atoms. The molecule has 2 aromatic rings. The minimum absolute atomic E-state index is 0.0103. The molecule has 2 N–H and O–H groups in total. The molecule has 0 bridgehead atoms. The van der Waals surface area contributed by atoms with Crippen LogP contribution >= 0.6 is 0 Å². The van der Waals surface area contributed by atoms with Gasteiger partial charge in [0.25, 0.3) is 0 Å². The number of methoxy groups -OCH3 is 1. The summed E-state index contributed by atoms with van der Waals surface area (Å²) in [4.78, 5) is 12.6. The third-order valence-electron chi connectivity index (χ3n) is 5.06. The summed E-state index contributed by atoms with van der Waals surface area (Å²) in [6.07, 6.45) is 4.15. The minimum atomic E-state index is -1.11. The van der Waals surface area contributed by atoms with Gasteiger partial charge in [-0.2, -0.15) is 0 Å². The van der Waals surface area contributed by atoms with Crippen LogP contribution in [0.4, 0.5) is 0 Å². The Morgan fingerprint density at radius 2 is 1.92 bits per heavy atom. The van der Waals surface area contributed by atoms with E-state index < -0.39 is 11.2 Å². The lowest BCUT2D eigenvalue weighted by Gasteiger charge is -2.32. The predicted molar refractivity (Wildman–Crippen MR) is 99.2 cm³/mol. The van der Waals surface area contributed by atoms with Crippen LogP contribution in [0.5, 0.6) is 17.2 Å². The molecule has 0 amide bonds. The number of phenols is 1. The summed E-state index contributed by atoms with van der Waals surface area (Å²) in [5.41, 5.74) is 0.0208. The zero-order valence-corrected chi connectivity index (χ0v) is 15.3. The maximum atomic E-state index is 12.6. The average molecular weight is 354 g/mol. The molecular weight excluding hydrogens is 332 g/mol. The molecule has 4 rings (SSSR count). The van der Waals surface area contributed by atoms with Crippen LogP contribution in [0, 0.1) is 0 Å². The van der Waals surface area contributed by atoms with Gasteiger partial charge in [0.05, 0.1) is 29.2 Å². The number of hydrogen-bond acceptors (Lipinski definition) is 5. The quantitative estimate of drug-likeness (QED) is 0.818. The average Bonchev–Trinajstić information content (AvgIpc) is 2.50. The lowest BCUT2D eigenvalue weighted by Crippen LogP contribution is -2.35. The zero-order chi connectivity index (χ0) is 18.9. The fourth-order valence-electron chi connectivity index (χ4n) is 3.94. The van der Waals surface area contributed by atoms with Crippen LogP contribution in [0.2, 0.25) is 0 Å². The molecule has 0 spiro atoms. The Morgan fingerprint density at radius 3 is 2.62 bits per heavy atom. The van der Waals surface area contributed by atoms with Gasteiger partial charge >= 0.3 is 0 Å². The van der Waals surface area contributed by atoms with E-state index in [0.717, 1.165) is 5.56 Å². The van der Waals surface area contributed by atoms with E-state index in [1.54, 1.807) is 14.0 Å². The highest BCUT2D eigenvalue weighted by atomic mass is 16.5. The summed E-state index contributed by atoms with van der Waals surface area (Å²) in [7, 11) is 1.58. The molecule has 0 radical (unpaired) electrons. The first kappa shape index (κ1) is 16.9. The molecule has 1 heterocycles. The van der Waals surface area contributed by atoms with Crippen molar-refractivity contribution in [1.29, 1.82) is 0 Å². The van der Waals surface area contributed by atoms with Crippen molar-refractivity contribution in [2.75, 3.05) is 7.11 Å². The van der Waals surface area contributed by atoms with Crippen molar-refractivity contribution in [3.8, 4) is 17.2 Å². The molecule has 5 nitrogen and oxygen atoms in total. The Labute approximate surface area is 151 Å². The van der Waals surface area contributed by atoms with Gasteiger partial charge in [-0.05, 0) is 56.0 Å². The topological polar surface area (TPSA) is 76.0 Å². The Hall–Kier alpha value is -2.53. The highest BCUT2D eigenvalue weighted by Crippen LogP contribution is 2.49. The number of hydrogen-bond donors (Lipinski definition) is 2. The molecule has 0 saturated heterocycles. The van der Waals surface area contributed by atoms with Gasteiger partial charge in [0.2, 0.25) is 0 Å². The molecule has 2 aromatic carbocycles. The maximum Gasteiger partial charge on any atom is 0.169 e. The SMILES string of the molecule is COc1cc2cc3c(c(O)c2c2c1C=CC(C)(C)O2)C(=O)CC(C)(O)C3. The molecule has 1 unspecified atom stereocenters. The van der Waals surface area contributed by atoms with Crippen molar-refractivity contribution < 1.29 is 24.5 Å². The molecule has 136 valence electrons. The van der Waals surface area contributed by atoms with Crippen molar-refractivity contribution in [3.63, 3.8) is 0 Å². The zero-order valence-electron chi connectivity index (χ0n) is 15.3. The van der Waals surface area contributed by atoms with Crippen LogP contribution in [-0.2, 0) is 6.42 Å². The second-order valence-corrected chi connectivity index (χ2v) is 7.99. The summed E-state index contributed by atoms with van der Waals surface area (Å²) in [6, 6.07) is 3.67. The van der Waals surface area contributed by atoms with Gasteiger partial charge in [-0.3, -0.25) is 4.79 Å². The van der Waals surface area contributed by atoms with Crippen LogP contribution in [0.25, 0.3) is 16.8 Å². The standard InChI is InChI=1S/C21H22O5/c1-20(2)6-5-13-15(25-4)8-11-7-12-9-21(3,24)10-14(22)16(12)18(23)17(11)19(13)26-20/h5-8,23-24H,9-10H2,1-4H3. The minimum Gasteiger partial charge on any atom is -0.506 e. The number of benzene rings is 2. The molecule has 0 fully saturated rings. The van der Waals surface area contributed by atoms with E-state index in [9.17, 15) is 15.0 Å². The number of carbonyl (C=O) groups excluding carboxylic acids is 1. The highest BCUT2D eigenvalue weighted by molar-refractivity contribution is 6.10. The third-order valence-corrected chi connectivity index (χ3v) is 5.06. The number of Topliss-reactive ketones (excluding diaryl/α,β-unsaturated/α-hetero) is 1. The van der Waals surface area contributed by atoms with Crippen LogP contribution in [0.3, 0.4) is 0 Å². The van der Waals surface area contributed by atoms with Crippen LogP contribution in [-0.4, -0.2) is 34.3 Å². The first-order valence-corrected chi connectivity index (χ1v) is 8.65. The van der Waals surface area contributed by atoms with Gasteiger partial charge < -0.3 is 19.7 Å². The van der Waals surface area contributed by atoms with E-state index in [4.69, 9.17) is 9.47 Å². The largest absolute Gasteiger partial charge is 0.506 e. The smallest absolute Gasteiger partial charge is 0.169 e. The Balaban J connectivity index is 2.08. The lowest BCUT2D eigenvalue weighted by molar-refractivity contribution is 0.0409. The monoisotopic (exact) mass is 354 g/mol. The van der Waals surface area contributed by atoms with Crippen molar-refractivity contribution in [3.05, 3.63) is 34.9 Å². The Bertz CT molecular complexity index is 982. The van der Waals surface area contributed by atoms with E-state index in [0.29, 0.717) is 34.3 Å². The first-order chi connectivity index (χ1) is 12.1. The van der Waals surface area contributed by atoms with Crippen molar-refractivity contribution in [1.82, 2.24) is 0 Å². The third kappa shape index (κ3) is 2.46. The fraction of sp³-hybridized carbons (Fsp3) is 0.381. The molecule has 1 aliphatic heterocycles. The summed E-state index contributed by atoms with van der Waals surface area (Å²) < 4.78 is 11.6. The normalized spacial score (nSPS) is 23.3. The van der Waals surface area contributed by atoms with Crippen molar-refractivity contribution in [2.24, 2.45) is 0 Å². The number of aliphatic hydroxyl groups is 1. The summed E-state index contributed by atoms with van der Waals surface area (Å²) >= 11 is 0. The highest BCUT2D eigenvalue weighted by Gasteiger charge is 2.37. The van der Waals surface area contributed by atoms with E-state index in [1.807, 2.05) is 38.1 Å². The molecule has 1 aliphatic carbocycles. The van der Waals surface area contributed by atoms with E-state index in [-0.39, 0.29) is 23.5 Å². The van der Waals surface area contributed by atoms with Crippen molar-refractivity contribution in [2.45, 2.75) is 44.8 Å². The van der Waals surface area contributed by atoms with Gasteiger partial charge in [0, 0.05) is 12.8 Å². The molecular formula is C21H22O5. The van der Waals surface area contributed by atoms with Gasteiger partial charge in [-0.1, -0.05) is 0 Å². The predicted octanol–water partition coefficient (Wildman–Crippen LogP) is 3.62. The van der Waals surface area contributed by atoms with Gasteiger partial charge in [-0.15, -0.1) is 0 Å². The molecule has 1 atom stereocenters. The number of aromatic hydroxyl groups is 1. The molecule has 5 heteroatoms.